The van der Waals surface area contributed by atoms with E-state index in [1.54, 1.807) is 15.3 Å². The molecule has 7 heteroatoms. The number of benzene rings is 2. The topological polar surface area (TPSA) is 62.1 Å². The van der Waals surface area contributed by atoms with Gasteiger partial charge in [-0.3, -0.25) is 4.79 Å². The monoisotopic (exact) mass is 416 g/mol. The molecule has 0 saturated carbocycles. The number of aryl methyl sites for hydroxylation is 2. The number of hydrogen-bond donors (Lipinski definition) is 1. The number of anilines is 1. The quantitative estimate of drug-likeness (QED) is 0.771. The van der Waals surface area contributed by atoms with Crippen molar-refractivity contribution < 1.29 is 18.1 Å². The van der Waals surface area contributed by atoms with E-state index in [-0.39, 0.29) is 5.91 Å². The van der Waals surface area contributed by atoms with E-state index in [9.17, 15) is 13.2 Å². The van der Waals surface area contributed by atoms with Gasteiger partial charge in [-0.15, -0.1) is 0 Å². The number of carbonyl (C=O) groups is 1. The number of quaternary nitrogens is 1. The van der Waals surface area contributed by atoms with Gasteiger partial charge in [-0.25, -0.2) is 8.42 Å². The van der Waals surface area contributed by atoms with E-state index in [2.05, 4.69) is 0 Å². The molecule has 2 aromatic rings. The number of sulfonamides is 1. The second-order valence-electron chi connectivity index (χ2n) is 7.57. The highest BCUT2D eigenvalue weighted by molar-refractivity contribution is 7.89. The summed E-state index contributed by atoms with van der Waals surface area (Å²) < 4.78 is 27.6. The maximum absolute atomic E-state index is 13.0. The second-order valence-corrected chi connectivity index (χ2v) is 9.48. The summed E-state index contributed by atoms with van der Waals surface area (Å²) in [6.07, 6.45) is 0. The van der Waals surface area contributed by atoms with Crippen LogP contribution in [0.2, 0.25) is 0 Å². The highest BCUT2D eigenvalue weighted by Gasteiger charge is 2.32. The van der Waals surface area contributed by atoms with E-state index in [4.69, 9.17) is 0 Å². The van der Waals surface area contributed by atoms with Crippen LogP contribution in [0.25, 0.3) is 0 Å². The minimum atomic E-state index is -3.50. The summed E-state index contributed by atoms with van der Waals surface area (Å²) in [4.78, 5) is 16.1. The second kappa shape index (κ2) is 9.07. The van der Waals surface area contributed by atoms with Gasteiger partial charge in [-0.05, 0) is 44.5 Å². The van der Waals surface area contributed by atoms with Crippen LogP contribution < -0.4 is 9.80 Å². The molecule has 6 nitrogen and oxygen atoms in total. The Balaban J connectivity index is 1.62. The van der Waals surface area contributed by atoms with Crippen molar-refractivity contribution in [2.24, 2.45) is 0 Å². The molecular formula is C22H30N3O3S+. The van der Waals surface area contributed by atoms with Gasteiger partial charge in [0.05, 0.1) is 31.1 Å². The fourth-order valence-corrected chi connectivity index (χ4v) is 5.51. The van der Waals surface area contributed by atoms with E-state index in [1.807, 2.05) is 63.2 Å². The lowest BCUT2D eigenvalue weighted by atomic mass is 10.2. The fraction of sp³-hybridized carbons (Fsp3) is 0.409. The van der Waals surface area contributed by atoms with Crippen LogP contribution in [-0.4, -0.2) is 57.9 Å². The molecule has 0 bridgehead atoms. The number of amides is 1. The smallest absolute Gasteiger partial charge is 0.282 e. The molecule has 1 amide bonds. The first-order chi connectivity index (χ1) is 13.8. The number of piperazine rings is 1. The van der Waals surface area contributed by atoms with Crippen molar-refractivity contribution in [3.05, 3.63) is 59.7 Å². The average Bonchev–Trinajstić information content (AvgIpc) is 2.69. The zero-order valence-corrected chi connectivity index (χ0v) is 18.2. The summed E-state index contributed by atoms with van der Waals surface area (Å²) in [5.74, 6) is 0.0689. The van der Waals surface area contributed by atoms with Crippen molar-refractivity contribution in [2.75, 3.05) is 44.2 Å². The molecule has 1 saturated heterocycles. The van der Waals surface area contributed by atoms with Crippen molar-refractivity contribution >= 4 is 21.6 Å². The van der Waals surface area contributed by atoms with Gasteiger partial charge in [0, 0.05) is 12.2 Å². The number of rotatable bonds is 6. The molecule has 0 aromatic heterocycles. The molecule has 0 atom stereocenters. The number of likely N-dealkylation sites (N-methyl/N-ethyl adjacent to an activating group) is 1. The summed E-state index contributed by atoms with van der Waals surface area (Å²) in [5.41, 5.74) is 2.72. The third-order valence-electron chi connectivity index (χ3n) is 5.46. The van der Waals surface area contributed by atoms with Crippen LogP contribution >= 0.6 is 0 Å². The van der Waals surface area contributed by atoms with E-state index >= 15 is 0 Å². The van der Waals surface area contributed by atoms with Crippen molar-refractivity contribution in [1.29, 1.82) is 0 Å². The summed E-state index contributed by atoms with van der Waals surface area (Å²) in [6.45, 7) is 8.86. The van der Waals surface area contributed by atoms with Crippen LogP contribution in [0.1, 0.15) is 18.1 Å². The van der Waals surface area contributed by atoms with Gasteiger partial charge in [-0.1, -0.05) is 35.9 Å². The van der Waals surface area contributed by atoms with Crippen molar-refractivity contribution in [2.45, 2.75) is 25.7 Å². The highest BCUT2D eigenvalue weighted by Crippen LogP contribution is 2.21. The van der Waals surface area contributed by atoms with Gasteiger partial charge in [-0.2, -0.15) is 4.31 Å². The Labute approximate surface area is 173 Å². The lowest BCUT2D eigenvalue weighted by molar-refractivity contribution is -0.895. The molecule has 3 rings (SSSR count). The Kier molecular flexibility index (Phi) is 6.72. The predicted octanol–water partition coefficient (Wildman–Crippen LogP) is 1.25. The van der Waals surface area contributed by atoms with Crippen LogP contribution in [-0.2, 0) is 14.8 Å². The summed E-state index contributed by atoms with van der Waals surface area (Å²) in [5, 5.41) is 0. The molecule has 0 aliphatic carbocycles. The van der Waals surface area contributed by atoms with Gasteiger partial charge in [0.25, 0.3) is 5.91 Å². The van der Waals surface area contributed by atoms with E-state index < -0.39 is 10.0 Å². The van der Waals surface area contributed by atoms with E-state index in [0.29, 0.717) is 44.2 Å². The maximum atomic E-state index is 13.0. The molecule has 156 valence electrons. The molecule has 0 spiro atoms. The van der Waals surface area contributed by atoms with Crippen LogP contribution in [0.4, 0.5) is 5.69 Å². The number of nitrogens with one attached hydrogen (secondary N) is 1. The molecule has 0 radical (unpaired) electrons. The zero-order valence-electron chi connectivity index (χ0n) is 17.4. The molecule has 1 aliphatic heterocycles. The van der Waals surface area contributed by atoms with Crippen LogP contribution in [0, 0.1) is 13.8 Å². The van der Waals surface area contributed by atoms with Crippen LogP contribution in [0.5, 0.6) is 0 Å². The zero-order chi connectivity index (χ0) is 21.0. The molecule has 0 unspecified atom stereocenters. The molecule has 1 fully saturated rings. The third-order valence-corrected chi connectivity index (χ3v) is 7.52. The standard InChI is InChI=1S/C22H29N3O3S/c1-4-25(20-8-6-5-7-9-20)22(26)17-23-12-14-24(15-13-23)29(27,28)21-11-10-18(2)16-19(21)3/h5-11,16H,4,12-15,17H2,1-3H3/p+1. The van der Waals surface area contributed by atoms with Crippen molar-refractivity contribution in [1.82, 2.24) is 4.31 Å². The Morgan fingerprint density at radius 1 is 1.07 bits per heavy atom. The summed E-state index contributed by atoms with van der Waals surface area (Å²) in [6, 6.07) is 15.1. The molecule has 2 aromatic carbocycles. The Morgan fingerprint density at radius 3 is 2.31 bits per heavy atom. The van der Waals surface area contributed by atoms with Crippen LogP contribution in [0.15, 0.2) is 53.4 Å². The lowest BCUT2D eigenvalue weighted by Gasteiger charge is -2.32. The predicted molar refractivity (Wildman–Crippen MR) is 115 cm³/mol. The van der Waals surface area contributed by atoms with Gasteiger partial charge >= 0.3 is 0 Å². The van der Waals surface area contributed by atoms with E-state index in [0.717, 1.165) is 21.7 Å². The number of para-hydroxylation sites is 1. The van der Waals surface area contributed by atoms with Gasteiger partial charge in [0.1, 0.15) is 0 Å². The first-order valence-electron chi connectivity index (χ1n) is 10.1. The Bertz CT molecular complexity index is 953. The Hall–Kier alpha value is -2.22. The first kappa shape index (κ1) is 21.5. The van der Waals surface area contributed by atoms with Crippen molar-refractivity contribution in [3.8, 4) is 0 Å². The third kappa shape index (κ3) is 4.86. The van der Waals surface area contributed by atoms with Gasteiger partial charge in [0.15, 0.2) is 6.54 Å². The normalized spacial score (nSPS) is 16.0. The van der Waals surface area contributed by atoms with Crippen LogP contribution in [0.3, 0.4) is 0 Å². The Morgan fingerprint density at radius 2 is 1.72 bits per heavy atom. The lowest BCUT2D eigenvalue weighted by Crippen LogP contribution is -3.15. The molecular weight excluding hydrogens is 386 g/mol. The maximum Gasteiger partial charge on any atom is 0.282 e. The summed E-state index contributed by atoms with van der Waals surface area (Å²) in [7, 11) is -3.50. The largest absolute Gasteiger partial charge is 0.325 e. The van der Waals surface area contributed by atoms with Crippen molar-refractivity contribution in [3.63, 3.8) is 0 Å². The fourth-order valence-electron chi connectivity index (χ4n) is 3.87. The molecule has 1 aliphatic rings. The SMILES string of the molecule is CCN(C(=O)C[NH+]1CCN(S(=O)(=O)c2ccc(C)cc2C)CC1)c1ccccc1. The number of carbonyl (C=O) groups excluding carboxylic acids is 1. The van der Waals surface area contributed by atoms with Gasteiger partial charge in [0.2, 0.25) is 10.0 Å². The molecule has 29 heavy (non-hydrogen) atoms. The first-order valence-corrected chi connectivity index (χ1v) is 11.5. The number of nitrogens with zero attached hydrogens (tertiary/aromatic N) is 2. The van der Waals surface area contributed by atoms with E-state index in [1.165, 1.54) is 0 Å². The molecule has 1 N–H and O–H groups in total. The minimum absolute atomic E-state index is 0.0689. The highest BCUT2D eigenvalue weighted by atomic mass is 32.2. The average molecular weight is 417 g/mol. The minimum Gasteiger partial charge on any atom is -0.325 e. The summed E-state index contributed by atoms with van der Waals surface area (Å²) >= 11 is 0. The molecule has 1 heterocycles. The number of hydrogen-bond acceptors (Lipinski definition) is 3. The van der Waals surface area contributed by atoms with Gasteiger partial charge < -0.3 is 9.80 Å².